The fraction of sp³-hybridized carbons (Fsp3) is 0.632. The molecule has 3 heterocycles. The van der Waals surface area contributed by atoms with Crippen molar-refractivity contribution < 1.29 is 59.3 Å². The number of carboxylic acid groups (broad SMARTS) is 2. The summed E-state index contributed by atoms with van der Waals surface area (Å²) in [5.74, 6) is -5.51. The lowest BCUT2D eigenvalue weighted by Crippen LogP contribution is -2.53. The van der Waals surface area contributed by atoms with Gasteiger partial charge in [-0.2, -0.15) is 30.6 Å². The molecule has 36 heavy (non-hydrogen) atoms. The molecule has 2 aliphatic rings. The molecule has 1 aromatic heterocycles. The number of nitrogens with zero attached hydrogens (tertiary/aromatic N) is 3. The summed E-state index contributed by atoms with van der Waals surface area (Å²) in [4.78, 5) is 24.2. The van der Waals surface area contributed by atoms with Crippen LogP contribution in [0.25, 0.3) is 0 Å². The molecule has 2 N–H and O–H groups in total. The summed E-state index contributed by atoms with van der Waals surface area (Å²) in [7, 11) is -3.16. The minimum Gasteiger partial charge on any atom is -0.475 e. The van der Waals surface area contributed by atoms with Gasteiger partial charge in [0.1, 0.15) is 0 Å². The van der Waals surface area contributed by atoms with E-state index in [2.05, 4.69) is 9.88 Å². The maximum absolute atomic E-state index is 12.0. The average Bonchev–Trinajstić information content (AvgIpc) is 2.95. The maximum atomic E-state index is 12.0. The third-order valence-electron chi connectivity index (χ3n) is 4.98. The van der Waals surface area contributed by atoms with Crippen LogP contribution in [-0.4, -0.2) is 102 Å². The van der Waals surface area contributed by atoms with Crippen LogP contribution in [0.4, 0.5) is 26.3 Å². The third kappa shape index (κ3) is 11.0. The number of rotatable bonds is 3. The molecule has 2 saturated heterocycles. The molecule has 1 aromatic rings. The van der Waals surface area contributed by atoms with Crippen molar-refractivity contribution in [3.63, 3.8) is 0 Å². The second kappa shape index (κ2) is 13.2. The van der Waals surface area contributed by atoms with Crippen molar-refractivity contribution >= 4 is 22.0 Å². The number of pyridine rings is 1. The molecule has 206 valence electrons. The predicted molar refractivity (Wildman–Crippen MR) is 111 cm³/mol. The molecular formula is C19H25F6N3O7S. The van der Waals surface area contributed by atoms with Gasteiger partial charge in [-0.25, -0.2) is 18.0 Å². The number of likely N-dealkylation sites (tertiary alicyclic amines) is 1. The molecule has 2 atom stereocenters. The minimum absolute atomic E-state index is 0.0194. The van der Waals surface area contributed by atoms with E-state index in [0.717, 1.165) is 32.5 Å². The Morgan fingerprint density at radius 3 is 1.92 bits per heavy atom. The number of sulfonamides is 1. The molecule has 0 spiro atoms. The smallest absolute Gasteiger partial charge is 0.475 e. The number of carboxylic acids is 2. The van der Waals surface area contributed by atoms with Gasteiger partial charge in [0, 0.05) is 38.6 Å². The molecule has 10 nitrogen and oxygen atoms in total. The number of aromatic nitrogens is 1. The fourth-order valence-electron chi connectivity index (χ4n) is 3.41. The van der Waals surface area contributed by atoms with Crippen molar-refractivity contribution in [2.45, 2.75) is 43.9 Å². The van der Waals surface area contributed by atoms with E-state index in [0.29, 0.717) is 13.2 Å². The van der Waals surface area contributed by atoms with Crippen LogP contribution in [0.5, 0.6) is 0 Å². The number of carbonyl (C=O) groups is 2. The van der Waals surface area contributed by atoms with Gasteiger partial charge in [-0.05, 0) is 30.5 Å². The second-order valence-electron chi connectivity index (χ2n) is 7.67. The zero-order chi connectivity index (χ0) is 27.7. The Labute approximate surface area is 202 Å². The second-order valence-corrected chi connectivity index (χ2v) is 9.60. The number of alkyl halides is 6. The first kappa shape index (κ1) is 31.5. The van der Waals surface area contributed by atoms with Crippen LogP contribution in [0.2, 0.25) is 0 Å². The lowest BCUT2D eigenvalue weighted by molar-refractivity contribution is -0.193. The Morgan fingerprint density at radius 2 is 1.47 bits per heavy atom. The van der Waals surface area contributed by atoms with Gasteiger partial charge >= 0.3 is 24.3 Å². The summed E-state index contributed by atoms with van der Waals surface area (Å²) in [6.07, 6.45) is -3.53. The Hall–Kier alpha value is -2.50. The molecular weight excluding hydrogens is 528 g/mol. The minimum atomic E-state index is -5.08. The van der Waals surface area contributed by atoms with Crippen molar-refractivity contribution in [1.82, 2.24) is 14.2 Å². The standard InChI is InChI=1S/C15H23N3O3S.2C2HF3O2/c1-22(19,20)18-10-11-21-15-5-9-17(8-4-14(15)18)12-13-2-6-16-7-3-13;2*3-2(4,5)1(6)7/h2-3,6-7,14-15H,4-5,8-12H2,1H3;2*(H,6,7)/t14-,15-;;/m1../s1. The number of hydrogen-bond acceptors (Lipinski definition) is 7. The van der Waals surface area contributed by atoms with Gasteiger partial charge in [0.25, 0.3) is 0 Å². The summed E-state index contributed by atoms with van der Waals surface area (Å²) in [5, 5.41) is 14.2. The first-order chi connectivity index (χ1) is 16.4. The van der Waals surface area contributed by atoms with Crippen LogP contribution in [0.3, 0.4) is 0 Å². The van der Waals surface area contributed by atoms with Gasteiger partial charge in [0.15, 0.2) is 0 Å². The zero-order valence-corrected chi connectivity index (χ0v) is 19.7. The van der Waals surface area contributed by atoms with E-state index >= 15 is 0 Å². The SMILES string of the molecule is CS(=O)(=O)N1CCO[C@@H]2CCN(Cc3ccncc3)CC[C@H]21.O=C(O)C(F)(F)F.O=C(O)C(F)(F)F. The molecule has 0 saturated carbocycles. The largest absolute Gasteiger partial charge is 0.490 e. The van der Waals surface area contributed by atoms with E-state index in [9.17, 15) is 34.8 Å². The predicted octanol–water partition coefficient (Wildman–Crippen LogP) is 1.97. The molecule has 0 aliphatic carbocycles. The fourth-order valence-corrected chi connectivity index (χ4v) is 4.55. The summed E-state index contributed by atoms with van der Waals surface area (Å²) in [5.41, 5.74) is 1.24. The first-order valence-electron chi connectivity index (χ1n) is 10.2. The number of halogens is 6. The van der Waals surface area contributed by atoms with Gasteiger partial charge in [-0.15, -0.1) is 0 Å². The summed E-state index contributed by atoms with van der Waals surface area (Å²) in [6, 6.07) is 4.03. The molecule has 17 heteroatoms. The van der Waals surface area contributed by atoms with Crippen molar-refractivity contribution in [2.24, 2.45) is 0 Å². The van der Waals surface area contributed by atoms with Crippen molar-refractivity contribution in [2.75, 3.05) is 32.5 Å². The van der Waals surface area contributed by atoms with Crippen molar-refractivity contribution in [1.29, 1.82) is 0 Å². The molecule has 0 unspecified atom stereocenters. The first-order valence-corrected chi connectivity index (χ1v) is 12.1. The van der Waals surface area contributed by atoms with Crippen LogP contribution >= 0.6 is 0 Å². The van der Waals surface area contributed by atoms with Gasteiger partial charge in [-0.3, -0.25) is 9.88 Å². The Bertz CT molecular complexity index is 937. The van der Waals surface area contributed by atoms with Crippen LogP contribution in [0.15, 0.2) is 24.5 Å². The molecule has 0 aromatic carbocycles. The highest BCUT2D eigenvalue weighted by Crippen LogP contribution is 2.26. The lowest BCUT2D eigenvalue weighted by atomic mass is 10.0. The van der Waals surface area contributed by atoms with E-state index in [1.54, 1.807) is 16.7 Å². The molecule has 3 rings (SSSR count). The maximum Gasteiger partial charge on any atom is 0.490 e. The highest BCUT2D eigenvalue weighted by atomic mass is 32.2. The summed E-state index contributed by atoms with van der Waals surface area (Å²) < 4.78 is 94.9. The van der Waals surface area contributed by atoms with Gasteiger partial charge < -0.3 is 14.9 Å². The monoisotopic (exact) mass is 553 g/mol. The number of hydrogen-bond donors (Lipinski definition) is 2. The van der Waals surface area contributed by atoms with Gasteiger partial charge in [0.05, 0.1) is 25.0 Å². The lowest BCUT2D eigenvalue weighted by Gasteiger charge is -2.38. The number of morpholine rings is 1. The summed E-state index contributed by atoms with van der Waals surface area (Å²) >= 11 is 0. The average molecular weight is 553 g/mol. The normalized spacial score (nSPS) is 21.5. The van der Waals surface area contributed by atoms with E-state index < -0.39 is 34.3 Å². The molecule has 2 fully saturated rings. The van der Waals surface area contributed by atoms with Crippen molar-refractivity contribution in [3.8, 4) is 0 Å². The van der Waals surface area contributed by atoms with E-state index in [1.807, 2.05) is 12.1 Å². The molecule has 0 amide bonds. The zero-order valence-electron chi connectivity index (χ0n) is 18.9. The van der Waals surface area contributed by atoms with Gasteiger partial charge in [-0.1, -0.05) is 0 Å². The Kier molecular flexibility index (Phi) is 11.5. The van der Waals surface area contributed by atoms with Crippen LogP contribution < -0.4 is 0 Å². The highest BCUT2D eigenvalue weighted by molar-refractivity contribution is 7.88. The topological polar surface area (TPSA) is 137 Å². The van der Waals surface area contributed by atoms with Crippen LogP contribution in [0.1, 0.15) is 18.4 Å². The quantitative estimate of drug-likeness (QED) is 0.539. The number of ether oxygens (including phenoxy) is 1. The van der Waals surface area contributed by atoms with E-state index in [-0.39, 0.29) is 12.1 Å². The van der Waals surface area contributed by atoms with Crippen LogP contribution in [0, 0.1) is 0 Å². The highest BCUT2D eigenvalue weighted by Gasteiger charge is 2.40. The van der Waals surface area contributed by atoms with Gasteiger partial charge in [0.2, 0.25) is 10.0 Å². The Balaban J connectivity index is 0.000000383. The van der Waals surface area contributed by atoms with E-state index in [1.165, 1.54) is 11.8 Å². The van der Waals surface area contributed by atoms with Crippen LogP contribution in [-0.2, 0) is 30.9 Å². The molecule has 2 aliphatic heterocycles. The number of aliphatic carboxylic acids is 2. The molecule has 0 radical (unpaired) electrons. The Morgan fingerprint density at radius 1 is 1.00 bits per heavy atom. The third-order valence-corrected chi connectivity index (χ3v) is 6.29. The van der Waals surface area contributed by atoms with Crippen molar-refractivity contribution in [3.05, 3.63) is 30.1 Å². The van der Waals surface area contributed by atoms with E-state index in [4.69, 9.17) is 24.5 Å². The molecule has 0 bridgehead atoms. The number of fused-ring (bicyclic) bond motifs is 1. The summed E-state index contributed by atoms with van der Waals surface area (Å²) in [6.45, 7) is 3.67.